The minimum Gasteiger partial charge on any atom is -0.348 e. The summed E-state index contributed by atoms with van der Waals surface area (Å²) >= 11 is 0. The van der Waals surface area contributed by atoms with Gasteiger partial charge < -0.3 is 9.88 Å². The van der Waals surface area contributed by atoms with Crippen LogP contribution in [0, 0.1) is 13.8 Å². The Kier molecular flexibility index (Phi) is 2.90. The molecule has 1 atom stereocenters. The van der Waals surface area contributed by atoms with Crippen molar-refractivity contribution in [1.29, 1.82) is 0 Å². The van der Waals surface area contributed by atoms with Gasteiger partial charge in [0.15, 0.2) is 0 Å². The predicted octanol–water partition coefficient (Wildman–Crippen LogP) is 3.09. The molecular weight excluding hydrogens is 220 g/mol. The van der Waals surface area contributed by atoms with Crippen molar-refractivity contribution in [2.75, 3.05) is 6.54 Å². The number of nitrogens with one attached hydrogen (secondary N) is 1. The summed E-state index contributed by atoms with van der Waals surface area (Å²) in [4.78, 5) is 0. The monoisotopic (exact) mass is 242 g/mol. The molecule has 1 N–H and O–H groups in total. The molecule has 1 aliphatic rings. The summed E-state index contributed by atoms with van der Waals surface area (Å²) < 4.78 is 2.34. The molecule has 0 radical (unpaired) electrons. The second-order valence-electron chi connectivity index (χ2n) is 5.64. The van der Waals surface area contributed by atoms with E-state index in [1.54, 1.807) is 0 Å². The van der Waals surface area contributed by atoms with Gasteiger partial charge in [0, 0.05) is 29.7 Å². The first-order valence-electron chi connectivity index (χ1n) is 6.94. The summed E-state index contributed by atoms with van der Waals surface area (Å²) in [6, 6.07) is 7.50. The molecule has 1 aromatic carbocycles. The van der Waals surface area contributed by atoms with Gasteiger partial charge in [0.05, 0.1) is 0 Å². The van der Waals surface area contributed by atoms with Crippen LogP contribution in [-0.4, -0.2) is 17.2 Å². The van der Waals surface area contributed by atoms with Crippen LogP contribution in [0.1, 0.15) is 29.7 Å². The molecule has 2 nitrogen and oxygen atoms in total. The zero-order valence-electron chi connectivity index (χ0n) is 11.6. The molecule has 1 fully saturated rings. The SMILES string of the molecule is Cc1ccc2c(CC3CCCN3)c(C)n(C)c2c1. The topological polar surface area (TPSA) is 17.0 Å². The van der Waals surface area contributed by atoms with Crippen molar-refractivity contribution < 1.29 is 0 Å². The van der Waals surface area contributed by atoms with E-state index >= 15 is 0 Å². The minimum atomic E-state index is 0.676. The lowest BCUT2D eigenvalue weighted by molar-refractivity contribution is 0.602. The molecule has 2 heterocycles. The van der Waals surface area contributed by atoms with E-state index in [1.807, 2.05) is 0 Å². The summed E-state index contributed by atoms with van der Waals surface area (Å²) in [7, 11) is 2.18. The fraction of sp³-hybridized carbons (Fsp3) is 0.500. The van der Waals surface area contributed by atoms with Crippen LogP contribution in [0.25, 0.3) is 10.9 Å². The highest BCUT2D eigenvalue weighted by Gasteiger charge is 2.19. The molecular formula is C16H22N2. The van der Waals surface area contributed by atoms with Gasteiger partial charge in [-0.05, 0) is 56.8 Å². The van der Waals surface area contributed by atoms with Crippen molar-refractivity contribution in [2.45, 2.75) is 39.2 Å². The first-order chi connectivity index (χ1) is 8.66. The van der Waals surface area contributed by atoms with Crippen LogP contribution in [0.15, 0.2) is 18.2 Å². The number of rotatable bonds is 2. The Morgan fingerprint density at radius 1 is 1.33 bits per heavy atom. The van der Waals surface area contributed by atoms with Gasteiger partial charge >= 0.3 is 0 Å². The standard InChI is InChI=1S/C16H22N2/c1-11-6-7-14-15(10-13-5-4-8-17-13)12(2)18(3)16(14)9-11/h6-7,9,13,17H,4-5,8,10H2,1-3H3. The number of fused-ring (bicyclic) bond motifs is 1. The van der Waals surface area contributed by atoms with Gasteiger partial charge in [0.25, 0.3) is 0 Å². The third-order valence-corrected chi connectivity index (χ3v) is 4.39. The van der Waals surface area contributed by atoms with Crippen molar-refractivity contribution in [1.82, 2.24) is 9.88 Å². The van der Waals surface area contributed by atoms with Gasteiger partial charge in [-0.25, -0.2) is 0 Å². The van der Waals surface area contributed by atoms with Gasteiger partial charge in [-0.2, -0.15) is 0 Å². The number of aryl methyl sites for hydroxylation is 2. The quantitative estimate of drug-likeness (QED) is 0.856. The van der Waals surface area contributed by atoms with Crippen LogP contribution in [0.3, 0.4) is 0 Å². The van der Waals surface area contributed by atoms with Crippen LogP contribution >= 0.6 is 0 Å². The smallest absolute Gasteiger partial charge is 0.0485 e. The molecule has 0 saturated carbocycles. The van der Waals surface area contributed by atoms with Gasteiger partial charge in [0.1, 0.15) is 0 Å². The molecule has 18 heavy (non-hydrogen) atoms. The van der Waals surface area contributed by atoms with Gasteiger partial charge in [-0.1, -0.05) is 12.1 Å². The largest absolute Gasteiger partial charge is 0.348 e. The lowest BCUT2D eigenvalue weighted by Gasteiger charge is -2.10. The summed E-state index contributed by atoms with van der Waals surface area (Å²) in [5.74, 6) is 0. The third-order valence-electron chi connectivity index (χ3n) is 4.39. The van der Waals surface area contributed by atoms with E-state index in [2.05, 4.69) is 49.0 Å². The highest BCUT2D eigenvalue weighted by Crippen LogP contribution is 2.28. The maximum absolute atomic E-state index is 3.61. The Hall–Kier alpha value is -1.28. The number of benzene rings is 1. The number of aromatic nitrogens is 1. The Balaban J connectivity index is 2.07. The van der Waals surface area contributed by atoms with E-state index < -0.39 is 0 Å². The average molecular weight is 242 g/mol. The minimum absolute atomic E-state index is 0.676. The molecule has 1 aromatic heterocycles. The Bertz CT molecular complexity index is 574. The van der Waals surface area contributed by atoms with E-state index in [4.69, 9.17) is 0 Å². The summed E-state index contributed by atoms with van der Waals surface area (Å²) in [6.45, 7) is 5.60. The highest BCUT2D eigenvalue weighted by molar-refractivity contribution is 5.86. The molecule has 0 bridgehead atoms. The second kappa shape index (κ2) is 4.43. The van der Waals surface area contributed by atoms with Crippen LogP contribution in [0.5, 0.6) is 0 Å². The molecule has 96 valence electrons. The zero-order chi connectivity index (χ0) is 12.7. The van der Waals surface area contributed by atoms with Gasteiger partial charge in [-0.15, -0.1) is 0 Å². The lowest BCUT2D eigenvalue weighted by atomic mass is 10.0. The number of hydrogen-bond donors (Lipinski definition) is 1. The highest BCUT2D eigenvalue weighted by atomic mass is 15.0. The predicted molar refractivity (Wildman–Crippen MR) is 77.1 cm³/mol. The molecule has 2 aromatic rings. The molecule has 1 unspecified atom stereocenters. The van der Waals surface area contributed by atoms with E-state index in [1.165, 1.54) is 53.5 Å². The first kappa shape index (κ1) is 11.8. The zero-order valence-corrected chi connectivity index (χ0v) is 11.6. The third kappa shape index (κ3) is 1.85. The summed E-state index contributed by atoms with van der Waals surface area (Å²) in [5.41, 5.74) is 5.67. The molecule has 0 aliphatic carbocycles. The molecule has 2 heteroatoms. The fourth-order valence-electron chi connectivity index (χ4n) is 3.19. The Labute approximate surface area is 109 Å². The van der Waals surface area contributed by atoms with Crippen molar-refractivity contribution >= 4 is 10.9 Å². The number of nitrogens with zero attached hydrogens (tertiary/aromatic N) is 1. The maximum atomic E-state index is 3.61. The summed E-state index contributed by atoms with van der Waals surface area (Å²) in [6.07, 6.45) is 3.82. The average Bonchev–Trinajstić information content (AvgIpc) is 2.94. The second-order valence-corrected chi connectivity index (χ2v) is 5.64. The maximum Gasteiger partial charge on any atom is 0.0485 e. The molecule has 1 aliphatic heterocycles. The fourth-order valence-corrected chi connectivity index (χ4v) is 3.19. The lowest BCUT2D eigenvalue weighted by Crippen LogP contribution is -2.23. The van der Waals surface area contributed by atoms with E-state index in [9.17, 15) is 0 Å². The normalized spacial score (nSPS) is 19.8. The van der Waals surface area contributed by atoms with Crippen molar-refractivity contribution in [3.8, 4) is 0 Å². The van der Waals surface area contributed by atoms with E-state index in [0.29, 0.717) is 6.04 Å². The molecule has 1 saturated heterocycles. The molecule has 3 rings (SSSR count). The van der Waals surface area contributed by atoms with Crippen LogP contribution in [0.2, 0.25) is 0 Å². The van der Waals surface area contributed by atoms with Crippen molar-refractivity contribution in [2.24, 2.45) is 7.05 Å². The van der Waals surface area contributed by atoms with Crippen LogP contribution < -0.4 is 5.32 Å². The van der Waals surface area contributed by atoms with Crippen LogP contribution in [0.4, 0.5) is 0 Å². The van der Waals surface area contributed by atoms with Crippen LogP contribution in [-0.2, 0) is 13.5 Å². The van der Waals surface area contributed by atoms with E-state index in [-0.39, 0.29) is 0 Å². The van der Waals surface area contributed by atoms with Crippen molar-refractivity contribution in [3.63, 3.8) is 0 Å². The van der Waals surface area contributed by atoms with Crippen molar-refractivity contribution in [3.05, 3.63) is 35.0 Å². The number of hydrogen-bond acceptors (Lipinski definition) is 1. The molecule has 0 spiro atoms. The molecule has 0 amide bonds. The Morgan fingerprint density at radius 3 is 2.89 bits per heavy atom. The first-order valence-corrected chi connectivity index (χ1v) is 6.94. The van der Waals surface area contributed by atoms with E-state index in [0.717, 1.165) is 0 Å². The van der Waals surface area contributed by atoms with Gasteiger partial charge in [-0.3, -0.25) is 0 Å². The summed E-state index contributed by atoms with van der Waals surface area (Å²) in [5, 5.41) is 5.05. The Morgan fingerprint density at radius 2 is 2.17 bits per heavy atom. The van der Waals surface area contributed by atoms with Gasteiger partial charge in [0.2, 0.25) is 0 Å².